The summed E-state index contributed by atoms with van der Waals surface area (Å²) in [6.45, 7) is 7.59. The molecular weight excluding hydrogens is 478 g/mol. The monoisotopic (exact) mass is 507 g/mol. The average Bonchev–Trinajstić information content (AvgIpc) is 3.20. The van der Waals surface area contributed by atoms with Crippen LogP contribution in [0.15, 0.2) is 29.1 Å². The number of rotatable bonds is 8. The average molecular weight is 508 g/mol. The molecule has 10 nitrogen and oxygen atoms in total. The van der Waals surface area contributed by atoms with E-state index in [4.69, 9.17) is 5.26 Å². The van der Waals surface area contributed by atoms with Crippen LogP contribution in [0.4, 0.5) is 5.69 Å². The Morgan fingerprint density at radius 3 is 2.58 bits per heavy atom. The zero-order valence-electron chi connectivity index (χ0n) is 20.4. The Morgan fingerprint density at radius 1 is 1.19 bits per heavy atom. The molecule has 188 valence electrons. The summed E-state index contributed by atoms with van der Waals surface area (Å²) >= 11 is 1.05. The van der Waals surface area contributed by atoms with Crippen molar-refractivity contribution in [1.29, 1.82) is 10.5 Å². The largest absolute Gasteiger partial charge is 0.360 e. The second-order valence-corrected chi connectivity index (χ2v) is 9.27. The summed E-state index contributed by atoms with van der Waals surface area (Å²) < 4.78 is 2.00. The smallest absolute Gasteiger partial charge is 0.270 e. The van der Waals surface area contributed by atoms with Crippen molar-refractivity contribution in [3.63, 3.8) is 0 Å². The second kappa shape index (κ2) is 12.7. The molecule has 1 fully saturated rings. The Labute approximate surface area is 213 Å². The molecule has 1 aromatic carbocycles. The van der Waals surface area contributed by atoms with E-state index in [1.807, 2.05) is 29.2 Å². The van der Waals surface area contributed by atoms with Crippen molar-refractivity contribution in [2.75, 3.05) is 44.6 Å². The number of benzene rings is 1. The van der Waals surface area contributed by atoms with Crippen LogP contribution in [-0.4, -0.2) is 65.4 Å². The van der Waals surface area contributed by atoms with Crippen molar-refractivity contribution in [3.8, 4) is 12.1 Å². The van der Waals surface area contributed by atoms with E-state index >= 15 is 0 Å². The lowest BCUT2D eigenvalue weighted by Gasteiger charge is -2.34. The van der Waals surface area contributed by atoms with Gasteiger partial charge in [-0.05, 0) is 31.0 Å². The number of nitrogens with zero attached hydrogens (tertiary/aromatic N) is 5. The maximum Gasteiger partial charge on any atom is 0.270 e. The lowest BCUT2D eigenvalue weighted by Crippen LogP contribution is -2.48. The normalized spacial score (nSPS) is 15.1. The van der Waals surface area contributed by atoms with Gasteiger partial charge < -0.3 is 15.5 Å². The van der Waals surface area contributed by atoms with Crippen LogP contribution in [0.2, 0.25) is 0 Å². The number of anilines is 1. The van der Waals surface area contributed by atoms with Crippen molar-refractivity contribution >= 4 is 40.6 Å². The third-order valence-electron chi connectivity index (χ3n) is 5.94. The topological polar surface area (TPSA) is 134 Å². The molecule has 0 atom stereocenters. The predicted octanol–water partition coefficient (Wildman–Crippen LogP) is -0.200. The van der Waals surface area contributed by atoms with Crippen molar-refractivity contribution in [2.45, 2.75) is 26.8 Å². The fourth-order valence-corrected chi connectivity index (χ4v) is 5.02. The molecule has 0 bridgehead atoms. The first-order chi connectivity index (χ1) is 17.4. The second-order valence-electron chi connectivity index (χ2n) is 8.24. The van der Waals surface area contributed by atoms with Gasteiger partial charge in [-0.25, -0.2) is 0 Å². The minimum atomic E-state index is -0.683. The number of nitrogens with one attached hydrogen (secondary N) is 2. The van der Waals surface area contributed by atoms with E-state index < -0.39 is 5.91 Å². The third-order valence-corrected chi connectivity index (χ3v) is 7.07. The molecule has 2 N–H and O–H groups in total. The van der Waals surface area contributed by atoms with Gasteiger partial charge in [-0.3, -0.25) is 23.9 Å². The van der Waals surface area contributed by atoms with Crippen LogP contribution >= 0.6 is 11.3 Å². The summed E-state index contributed by atoms with van der Waals surface area (Å²) in [6.07, 6.45) is 2.45. The van der Waals surface area contributed by atoms with E-state index in [-0.39, 0.29) is 28.2 Å². The Hall–Kier alpha value is -3.93. The zero-order valence-corrected chi connectivity index (χ0v) is 21.2. The van der Waals surface area contributed by atoms with E-state index in [1.54, 1.807) is 26.1 Å². The maximum atomic E-state index is 12.9. The van der Waals surface area contributed by atoms with Crippen LogP contribution in [0.1, 0.15) is 19.4 Å². The standard InChI is InChI=1S/C25H29N7O3S/c1-3-32-24(35)22(36-25(32)21(16-27)23(34)28-9-8-26)17-29-20-6-4-5-19(15-20)7-10-30-11-13-31(14-12-30)18(2)33/h4-6,15,17,29H,3,7,9-14H2,1-2H3,(H,28,34). The van der Waals surface area contributed by atoms with Gasteiger partial charge in [-0.15, -0.1) is 11.3 Å². The van der Waals surface area contributed by atoms with Gasteiger partial charge in [-0.1, -0.05) is 12.1 Å². The fraction of sp³-hybridized carbons (Fsp3) is 0.400. The Kier molecular flexibility index (Phi) is 9.39. The van der Waals surface area contributed by atoms with E-state index in [0.717, 1.165) is 61.7 Å². The van der Waals surface area contributed by atoms with Gasteiger partial charge >= 0.3 is 0 Å². The number of carbonyl (C=O) groups excluding carboxylic acids is 2. The van der Waals surface area contributed by atoms with Crippen LogP contribution in [0.5, 0.6) is 0 Å². The van der Waals surface area contributed by atoms with Gasteiger partial charge in [-0.2, -0.15) is 10.5 Å². The molecule has 3 rings (SSSR count). The number of piperazine rings is 1. The van der Waals surface area contributed by atoms with Gasteiger partial charge in [0.15, 0.2) is 5.57 Å². The first kappa shape index (κ1) is 26.7. The third kappa shape index (κ3) is 6.60. The van der Waals surface area contributed by atoms with Gasteiger partial charge in [0.2, 0.25) is 5.91 Å². The molecule has 1 aliphatic heterocycles. The highest BCUT2D eigenvalue weighted by molar-refractivity contribution is 7.07. The number of aromatic nitrogens is 1. The SMILES string of the molecule is CCn1c(=C(C#N)C(=O)NCC#N)sc(=CNc2cccc(CCN3CCN(C(C)=O)CC3)c2)c1=O. The molecule has 0 spiro atoms. The number of carbonyl (C=O) groups is 2. The first-order valence-electron chi connectivity index (χ1n) is 11.7. The van der Waals surface area contributed by atoms with E-state index in [9.17, 15) is 19.6 Å². The zero-order chi connectivity index (χ0) is 26.1. The number of hydrogen-bond acceptors (Lipinski definition) is 8. The molecule has 1 aromatic heterocycles. The van der Waals surface area contributed by atoms with Crippen LogP contribution in [0, 0.1) is 22.7 Å². The van der Waals surface area contributed by atoms with Crippen LogP contribution in [0.3, 0.4) is 0 Å². The van der Waals surface area contributed by atoms with E-state index in [0.29, 0.717) is 11.1 Å². The molecule has 0 saturated carbocycles. The molecule has 2 heterocycles. The number of nitriles is 2. The van der Waals surface area contributed by atoms with Gasteiger partial charge in [0, 0.05) is 58.1 Å². The number of amides is 2. The van der Waals surface area contributed by atoms with Gasteiger partial charge in [0.05, 0.1) is 6.07 Å². The van der Waals surface area contributed by atoms with Gasteiger partial charge in [0.25, 0.3) is 11.5 Å². The maximum absolute atomic E-state index is 12.9. The lowest BCUT2D eigenvalue weighted by atomic mass is 10.1. The lowest BCUT2D eigenvalue weighted by molar-refractivity contribution is -0.130. The minimum Gasteiger partial charge on any atom is -0.360 e. The first-order valence-corrected chi connectivity index (χ1v) is 12.5. The summed E-state index contributed by atoms with van der Waals surface area (Å²) in [4.78, 5) is 40.9. The highest BCUT2D eigenvalue weighted by Gasteiger charge is 2.18. The van der Waals surface area contributed by atoms with Crippen LogP contribution in [0.25, 0.3) is 11.8 Å². The highest BCUT2D eigenvalue weighted by Crippen LogP contribution is 2.12. The highest BCUT2D eigenvalue weighted by atomic mass is 32.1. The summed E-state index contributed by atoms with van der Waals surface area (Å²) in [7, 11) is 0. The van der Waals surface area contributed by atoms with Crippen molar-refractivity contribution < 1.29 is 9.59 Å². The molecule has 0 aliphatic carbocycles. The molecule has 0 unspecified atom stereocenters. The molecular formula is C25H29N7O3S. The molecule has 36 heavy (non-hydrogen) atoms. The van der Waals surface area contributed by atoms with Crippen molar-refractivity contribution in [2.24, 2.45) is 0 Å². The summed E-state index contributed by atoms with van der Waals surface area (Å²) in [6, 6.07) is 11.6. The van der Waals surface area contributed by atoms with E-state index in [1.165, 1.54) is 4.57 Å². The van der Waals surface area contributed by atoms with Crippen LogP contribution in [-0.2, 0) is 22.6 Å². The molecule has 2 amide bonds. The molecule has 1 saturated heterocycles. The molecule has 1 aliphatic rings. The minimum absolute atomic E-state index is 0.122. The number of thiazole rings is 1. The molecule has 11 heteroatoms. The van der Waals surface area contributed by atoms with Crippen molar-refractivity contribution in [1.82, 2.24) is 19.7 Å². The Bertz CT molecular complexity index is 1370. The summed E-state index contributed by atoms with van der Waals surface area (Å²) in [5, 5.41) is 23.7. The fourth-order valence-electron chi connectivity index (χ4n) is 3.94. The molecule has 0 radical (unpaired) electrons. The molecule has 2 aromatic rings. The van der Waals surface area contributed by atoms with E-state index in [2.05, 4.69) is 21.6 Å². The Balaban J connectivity index is 1.75. The predicted molar refractivity (Wildman–Crippen MR) is 138 cm³/mol. The summed E-state index contributed by atoms with van der Waals surface area (Å²) in [5.74, 6) is -0.561. The quantitative estimate of drug-likeness (QED) is 0.473. The summed E-state index contributed by atoms with van der Waals surface area (Å²) in [5.41, 5.74) is 1.48. The Morgan fingerprint density at radius 2 is 1.94 bits per heavy atom. The van der Waals surface area contributed by atoms with Crippen LogP contribution < -0.4 is 25.4 Å². The van der Waals surface area contributed by atoms with Crippen molar-refractivity contribution in [3.05, 3.63) is 49.4 Å². The number of hydrogen-bond donors (Lipinski definition) is 2. The van der Waals surface area contributed by atoms with Gasteiger partial charge in [0.1, 0.15) is 21.8 Å².